The van der Waals surface area contributed by atoms with Crippen molar-refractivity contribution in [3.63, 3.8) is 0 Å². The van der Waals surface area contributed by atoms with Crippen LogP contribution in [0, 0.1) is 0 Å². The molecule has 0 saturated carbocycles. The molecule has 1 heterocycles. The highest BCUT2D eigenvalue weighted by molar-refractivity contribution is 7.98. The predicted molar refractivity (Wildman–Crippen MR) is 69.0 cm³/mol. The van der Waals surface area contributed by atoms with Crippen LogP contribution in [0.15, 0.2) is 12.5 Å². The zero-order chi connectivity index (χ0) is 11.1. The van der Waals surface area contributed by atoms with Gasteiger partial charge in [0.1, 0.15) is 0 Å². The fraction of sp³-hybridized carbons (Fsp3) is 0.556. The lowest BCUT2D eigenvalue weighted by Crippen LogP contribution is -2.33. The van der Waals surface area contributed by atoms with E-state index in [1.54, 1.807) is 0 Å². The number of nitrogens with zero attached hydrogens (tertiary/aromatic N) is 2. The van der Waals surface area contributed by atoms with Crippen LogP contribution in [-0.4, -0.2) is 34.0 Å². The lowest BCUT2D eigenvalue weighted by Gasteiger charge is -2.06. The van der Waals surface area contributed by atoms with E-state index in [9.17, 15) is 0 Å². The predicted octanol–water partition coefficient (Wildman–Crippen LogP) is 0.747. The van der Waals surface area contributed by atoms with Crippen LogP contribution in [0.25, 0.3) is 0 Å². The normalized spacial score (nSPS) is 10.0. The largest absolute Gasteiger partial charge is 0.366 e. The summed E-state index contributed by atoms with van der Waals surface area (Å²) in [6, 6.07) is 0. The number of aryl methyl sites for hydroxylation is 1. The summed E-state index contributed by atoms with van der Waals surface area (Å²) in [6.45, 7) is 0.891. The lowest BCUT2D eigenvalue weighted by molar-refractivity contribution is 0.866. The molecule has 0 aliphatic carbocycles. The van der Waals surface area contributed by atoms with E-state index in [2.05, 4.69) is 15.6 Å². The maximum absolute atomic E-state index is 4.96. The number of rotatable bonds is 5. The number of hydrogen-bond donors (Lipinski definition) is 2. The van der Waals surface area contributed by atoms with E-state index in [1.165, 1.54) is 5.69 Å². The molecule has 2 N–H and O–H groups in total. The molecule has 84 valence electrons. The van der Waals surface area contributed by atoms with Crippen molar-refractivity contribution in [2.24, 2.45) is 7.05 Å². The first-order valence-electron chi connectivity index (χ1n) is 4.72. The van der Waals surface area contributed by atoms with E-state index < -0.39 is 0 Å². The number of thiocarbonyl (C=S) groups is 1. The van der Waals surface area contributed by atoms with Crippen LogP contribution in [0.4, 0.5) is 0 Å². The monoisotopic (exact) mass is 244 g/mol. The first-order chi connectivity index (χ1) is 7.24. The maximum atomic E-state index is 4.96. The molecule has 0 unspecified atom stereocenters. The second-order valence-corrected chi connectivity index (χ2v) is 4.57. The second kappa shape index (κ2) is 6.68. The van der Waals surface area contributed by atoms with Gasteiger partial charge in [-0.05, 0) is 12.2 Å². The number of thioether (sulfide) groups is 1. The minimum Gasteiger partial charge on any atom is -0.366 e. The van der Waals surface area contributed by atoms with Crippen LogP contribution >= 0.6 is 24.0 Å². The number of aromatic nitrogens is 2. The summed E-state index contributed by atoms with van der Waals surface area (Å²) in [4.78, 5) is 4.07. The van der Waals surface area contributed by atoms with Crippen LogP contribution in [0.3, 0.4) is 0 Å². The number of nitrogens with one attached hydrogen (secondary N) is 2. The average molecular weight is 244 g/mol. The molecule has 4 nitrogen and oxygen atoms in total. The number of hydrogen-bond acceptors (Lipinski definition) is 3. The van der Waals surface area contributed by atoms with Crippen molar-refractivity contribution in [3.05, 3.63) is 18.2 Å². The zero-order valence-corrected chi connectivity index (χ0v) is 10.6. The van der Waals surface area contributed by atoms with Gasteiger partial charge in [-0.3, -0.25) is 0 Å². The fourth-order valence-corrected chi connectivity index (χ4v) is 2.01. The van der Waals surface area contributed by atoms with Crippen molar-refractivity contribution < 1.29 is 0 Å². The van der Waals surface area contributed by atoms with Crippen molar-refractivity contribution in [1.29, 1.82) is 0 Å². The van der Waals surface area contributed by atoms with Crippen molar-refractivity contribution in [2.45, 2.75) is 5.75 Å². The molecule has 1 rings (SSSR count). The molecule has 0 spiro atoms. The standard InChI is InChI=1S/C9H16N4S2/c1-10-9(14)12-3-4-15-6-8-5-11-7-13(8)2/h5,7H,3-4,6H2,1-2H3,(H2,10,12,14). The Morgan fingerprint density at radius 1 is 1.67 bits per heavy atom. The van der Waals surface area contributed by atoms with Gasteiger partial charge in [-0.15, -0.1) is 0 Å². The summed E-state index contributed by atoms with van der Waals surface area (Å²) >= 11 is 6.83. The summed E-state index contributed by atoms with van der Waals surface area (Å²) in [5.41, 5.74) is 1.25. The zero-order valence-electron chi connectivity index (χ0n) is 8.99. The molecular formula is C9H16N4S2. The molecule has 0 aromatic carbocycles. The Labute approximate surface area is 99.8 Å². The molecule has 0 atom stereocenters. The van der Waals surface area contributed by atoms with E-state index in [0.717, 1.165) is 18.1 Å². The summed E-state index contributed by atoms with van der Waals surface area (Å²) < 4.78 is 2.04. The number of imidazole rings is 1. The summed E-state index contributed by atoms with van der Waals surface area (Å²) in [5, 5.41) is 6.68. The Morgan fingerprint density at radius 2 is 2.47 bits per heavy atom. The van der Waals surface area contributed by atoms with Crippen molar-refractivity contribution in [2.75, 3.05) is 19.3 Å². The smallest absolute Gasteiger partial charge is 0.166 e. The van der Waals surface area contributed by atoms with Crippen LogP contribution < -0.4 is 10.6 Å². The van der Waals surface area contributed by atoms with Gasteiger partial charge in [-0.25, -0.2) is 4.98 Å². The minimum atomic E-state index is 0.705. The highest BCUT2D eigenvalue weighted by atomic mass is 32.2. The van der Waals surface area contributed by atoms with E-state index >= 15 is 0 Å². The highest BCUT2D eigenvalue weighted by Gasteiger charge is 1.98. The Bertz CT molecular complexity index is 311. The molecule has 6 heteroatoms. The van der Waals surface area contributed by atoms with E-state index in [1.807, 2.05) is 42.9 Å². The Hall–Kier alpha value is -0.750. The molecule has 0 fully saturated rings. The molecular weight excluding hydrogens is 228 g/mol. The Kier molecular flexibility index (Phi) is 5.49. The molecule has 0 saturated heterocycles. The van der Waals surface area contributed by atoms with Gasteiger partial charge >= 0.3 is 0 Å². The van der Waals surface area contributed by atoms with E-state index in [0.29, 0.717) is 5.11 Å². The lowest BCUT2D eigenvalue weighted by atomic mass is 10.5. The highest BCUT2D eigenvalue weighted by Crippen LogP contribution is 2.09. The van der Waals surface area contributed by atoms with E-state index in [-0.39, 0.29) is 0 Å². The molecule has 1 aromatic rings. The summed E-state index contributed by atoms with van der Waals surface area (Å²) in [6.07, 6.45) is 3.73. The van der Waals surface area contributed by atoms with E-state index in [4.69, 9.17) is 12.2 Å². The quantitative estimate of drug-likeness (QED) is 0.591. The van der Waals surface area contributed by atoms with Gasteiger partial charge in [-0.2, -0.15) is 11.8 Å². The molecule has 1 aromatic heterocycles. The van der Waals surface area contributed by atoms with Crippen molar-refractivity contribution >= 4 is 29.1 Å². The third kappa shape index (κ3) is 4.53. The van der Waals surface area contributed by atoms with Gasteiger partial charge in [0.05, 0.1) is 6.33 Å². The third-order valence-electron chi connectivity index (χ3n) is 1.93. The summed E-state index contributed by atoms with van der Waals surface area (Å²) in [5.74, 6) is 2.03. The average Bonchev–Trinajstić information content (AvgIpc) is 2.63. The van der Waals surface area contributed by atoms with Crippen LogP contribution in [-0.2, 0) is 12.8 Å². The van der Waals surface area contributed by atoms with Crippen LogP contribution in [0.1, 0.15) is 5.69 Å². The topological polar surface area (TPSA) is 41.9 Å². The Morgan fingerprint density at radius 3 is 3.07 bits per heavy atom. The summed E-state index contributed by atoms with van der Waals surface area (Å²) in [7, 11) is 3.83. The third-order valence-corrected chi connectivity index (χ3v) is 3.27. The molecule has 0 aliphatic heterocycles. The van der Waals surface area contributed by atoms with Crippen LogP contribution in [0.5, 0.6) is 0 Å². The first kappa shape index (κ1) is 12.3. The van der Waals surface area contributed by atoms with Crippen molar-refractivity contribution in [1.82, 2.24) is 20.2 Å². The minimum absolute atomic E-state index is 0.705. The molecule has 0 radical (unpaired) electrons. The molecule has 0 aliphatic rings. The fourth-order valence-electron chi connectivity index (χ4n) is 1.03. The van der Waals surface area contributed by atoms with Gasteiger partial charge in [0.2, 0.25) is 0 Å². The van der Waals surface area contributed by atoms with Gasteiger partial charge < -0.3 is 15.2 Å². The van der Waals surface area contributed by atoms with Gasteiger partial charge in [0, 0.05) is 44.0 Å². The van der Waals surface area contributed by atoms with Gasteiger partial charge in [0.25, 0.3) is 0 Å². The molecule has 0 bridgehead atoms. The SMILES string of the molecule is CNC(=S)NCCSCc1cncn1C. The molecule has 15 heavy (non-hydrogen) atoms. The molecule has 0 amide bonds. The van der Waals surface area contributed by atoms with Crippen molar-refractivity contribution in [3.8, 4) is 0 Å². The Balaban J connectivity index is 2.07. The first-order valence-corrected chi connectivity index (χ1v) is 6.29. The van der Waals surface area contributed by atoms with Gasteiger partial charge in [-0.1, -0.05) is 0 Å². The maximum Gasteiger partial charge on any atom is 0.166 e. The van der Waals surface area contributed by atoms with Crippen LogP contribution in [0.2, 0.25) is 0 Å². The second-order valence-electron chi connectivity index (χ2n) is 3.05. The van der Waals surface area contributed by atoms with Gasteiger partial charge in [0.15, 0.2) is 5.11 Å².